The van der Waals surface area contributed by atoms with E-state index in [2.05, 4.69) is 0 Å². The first kappa shape index (κ1) is 16.0. The van der Waals surface area contributed by atoms with Crippen LogP contribution in [0.15, 0.2) is 48.5 Å². The van der Waals surface area contributed by atoms with Crippen LogP contribution >= 0.6 is 11.6 Å². The third kappa shape index (κ3) is 3.86. The van der Waals surface area contributed by atoms with Gasteiger partial charge >= 0.3 is 6.09 Å². The van der Waals surface area contributed by atoms with E-state index in [9.17, 15) is 9.59 Å². The highest BCUT2D eigenvalue weighted by molar-refractivity contribution is 6.67. The van der Waals surface area contributed by atoms with Gasteiger partial charge in [0.1, 0.15) is 6.61 Å². The quantitative estimate of drug-likeness (QED) is 0.796. The molecule has 2 rings (SSSR count). The molecule has 0 aliphatic heterocycles. The number of carbonyl (C=O) groups excluding carboxylic acids is 2. The second kappa shape index (κ2) is 7.09. The van der Waals surface area contributed by atoms with Crippen LogP contribution in [0.2, 0.25) is 0 Å². The number of nitrogens with zero attached hydrogens (tertiary/aromatic N) is 1. The minimum atomic E-state index is -0.524. The summed E-state index contributed by atoms with van der Waals surface area (Å²) in [7, 11) is 1.62. The highest BCUT2D eigenvalue weighted by Gasteiger charge is 2.15. The van der Waals surface area contributed by atoms with Crippen molar-refractivity contribution >= 4 is 28.6 Å². The first-order chi connectivity index (χ1) is 10.5. The Morgan fingerprint density at radius 2 is 1.82 bits per heavy atom. The van der Waals surface area contributed by atoms with Gasteiger partial charge in [0, 0.05) is 18.3 Å². The van der Waals surface area contributed by atoms with Gasteiger partial charge in [-0.15, -0.1) is 0 Å². The zero-order valence-corrected chi connectivity index (χ0v) is 13.1. The van der Waals surface area contributed by atoms with E-state index in [1.165, 1.54) is 4.90 Å². The summed E-state index contributed by atoms with van der Waals surface area (Å²) in [6.07, 6.45) is -0.461. The van der Waals surface area contributed by atoms with Gasteiger partial charge in [-0.05, 0) is 47.9 Å². The standard InChI is InChI=1S/C17H16ClNO3/c1-12-10-14(16(18)20)8-9-15(12)19(2)17(21)22-11-13-6-4-3-5-7-13/h3-10H,11H2,1-2H3. The molecule has 5 heteroatoms. The van der Waals surface area contributed by atoms with E-state index < -0.39 is 11.3 Å². The summed E-state index contributed by atoms with van der Waals surface area (Å²) in [4.78, 5) is 24.6. The Labute approximate surface area is 134 Å². The number of hydrogen-bond donors (Lipinski definition) is 0. The topological polar surface area (TPSA) is 46.6 Å². The molecule has 0 saturated carbocycles. The van der Waals surface area contributed by atoms with E-state index in [4.69, 9.17) is 16.3 Å². The average Bonchev–Trinajstić information content (AvgIpc) is 2.52. The summed E-state index contributed by atoms with van der Waals surface area (Å²) in [5, 5.41) is -0.524. The van der Waals surface area contributed by atoms with Crippen LogP contribution in [0.1, 0.15) is 21.5 Å². The Morgan fingerprint density at radius 3 is 2.41 bits per heavy atom. The Balaban J connectivity index is 2.05. The molecule has 114 valence electrons. The third-order valence-electron chi connectivity index (χ3n) is 3.26. The van der Waals surface area contributed by atoms with E-state index in [0.29, 0.717) is 11.3 Å². The molecule has 0 spiro atoms. The molecule has 0 saturated heterocycles. The minimum absolute atomic E-state index is 0.210. The zero-order chi connectivity index (χ0) is 16.1. The van der Waals surface area contributed by atoms with Crippen molar-refractivity contribution in [3.8, 4) is 0 Å². The summed E-state index contributed by atoms with van der Waals surface area (Å²) in [5.74, 6) is 0. The molecule has 0 N–H and O–H groups in total. The molecule has 22 heavy (non-hydrogen) atoms. The second-order valence-electron chi connectivity index (χ2n) is 4.87. The van der Waals surface area contributed by atoms with E-state index in [1.807, 2.05) is 30.3 Å². The Hall–Kier alpha value is -2.33. The maximum atomic E-state index is 12.1. The SMILES string of the molecule is Cc1cc(C(=O)Cl)ccc1N(C)C(=O)OCc1ccccc1. The summed E-state index contributed by atoms with van der Waals surface area (Å²) >= 11 is 5.44. The molecule has 2 aromatic carbocycles. The molecule has 0 radical (unpaired) electrons. The molecule has 0 unspecified atom stereocenters. The summed E-state index contributed by atoms with van der Waals surface area (Å²) in [6, 6.07) is 14.4. The lowest BCUT2D eigenvalue weighted by molar-refractivity contribution is 0.108. The fourth-order valence-electron chi connectivity index (χ4n) is 2.07. The Bertz CT molecular complexity index is 686. The number of carbonyl (C=O) groups is 2. The number of hydrogen-bond acceptors (Lipinski definition) is 3. The predicted octanol–water partition coefficient (Wildman–Crippen LogP) is 4.15. The highest BCUT2D eigenvalue weighted by Crippen LogP contribution is 2.22. The van der Waals surface area contributed by atoms with Crippen molar-refractivity contribution in [1.29, 1.82) is 0 Å². The molecule has 0 bridgehead atoms. The van der Waals surface area contributed by atoms with Crippen LogP contribution in [-0.4, -0.2) is 18.4 Å². The van der Waals surface area contributed by atoms with Crippen molar-refractivity contribution < 1.29 is 14.3 Å². The molecular weight excluding hydrogens is 302 g/mol. The number of aryl methyl sites for hydroxylation is 1. The number of anilines is 1. The smallest absolute Gasteiger partial charge is 0.414 e. The second-order valence-corrected chi connectivity index (χ2v) is 5.22. The van der Waals surface area contributed by atoms with E-state index >= 15 is 0 Å². The van der Waals surface area contributed by atoms with Gasteiger partial charge in [-0.3, -0.25) is 9.69 Å². The maximum Gasteiger partial charge on any atom is 0.414 e. The summed E-state index contributed by atoms with van der Waals surface area (Å²) in [6.45, 7) is 2.01. The molecular formula is C17H16ClNO3. The summed E-state index contributed by atoms with van der Waals surface area (Å²) in [5.41, 5.74) is 2.75. The van der Waals surface area contributed by atoms with Crippen molar-refractivity contribution in [3.05, 3.63) is 65.2 Å². The zero-order valence-electron chi connectivity index (χ0n) is 12.4. The van der Waals surface area contributed by atoms with Gasteiger partial charge in [-0.1, -0.05) is 30.3 Å². The molecule has 4 nitrogen and oxygen atoms in total. The van der Waals surface area contributed by atoms with Gasteiger partial charge in [0.15, 0.2) is 0 Å². The van der Waals surface area contributed by atoms with Crippen molar-refractivity contribution in [2.75, 3.05) is 11.9 Å². The molecule has 1 amide bonds. The maximum absolute atomic E-state index is 12.1. The normalized spacial score (nSPS) is 10.1. The van der Waals surface area contributed by atoms with Gasteiger partial charge in [-0.2, -0.15) is 0 Å². The van der Waals surface area contributed by atoms with Crippen LogP contribution < -0.4 is 4.90 Å². The highest BCUT2D eigenvalue weighted by atomic mass is 35.5. The van der Waals surface area contributed by atoms with Crippen molar-refractivity contribution in [3.63, 3.8) is 0 Å². The minimum Gasteiger partial charge on any atom is -0.444 e. The van der Waals surface area contributed by atoms with E-state index in [0.717, 1.165) is 11.1 Å². The number of ether oxygens (including phenoxy) is 1. The van der Waals surface area contributed by atoms with Crippen LogP contribution in [-0.2, 0) is 11.3 Å². The molecule has 0 heterocycles. The van der Waals surface area contributed by atoms with Crippen LogP contribution in [0.4, 0.5) is 10.5 Å². The van der Waals surface area contributed by atoms with Gasteiger partial charge < -0.3 is 4.74 Å². The Morgan fingerprint density at radius 1 is 1.14 bits per heavy atom. The van der Waals surface area contributed by atoms with Gasteiger partial charge in [0.05, 0.1) is 0 Å². The van der Waals surface area contributed by atoms with Crippen molar-refractivity contribution in [2.45, 2.75) is 13.5 Å². The fourth-order valence-corrected chi connectivity index (χ4v) is 2.19. The predicted molar refractivity (Wildman–Crippen MR) is 86.4 cm³/mol. The van der Waals surface area contributed by atoms with Gasteiger partial charge in [0.2, 0.25) is 0 Å². The first-order valence-corrected chi connectivity index (χ1v) is 7.11. The molecule has 2 aromatic rings. The first-order valence-electron chi connectivity index (χ1n) is 6.74. The number of rotatable bonds is 4. The van der Waals surface area contributed by atoms with E-state index in [1.54, 1.807) is 32.2 Å². The average molecular weight is 318 g/mol. The van der Waals surface area contributed by atoms with Gasteiger partial charge in [-0.25, -0.2) is 4.79 Å². The van der Waals surface area contributed by atoms with Crippen molar-refractivity contribution in [2.24, 2.45) is 0 Å². The van der Waals surface area contributed by atoms with Crippen LogP contribution in [0.25, 0.3) is 0 Å². The summed E-state index contributed by atoms with van der Waals surface area (Å²) < 4.78 is 5.27. The largest absolute Gasteiger partial charge is 0.444 e. The lowest BCUT2D eigenvalue weighted by Crippen LogP contribution is -2.27. The lowest BCUT2D eigenvalue weighted by atomic mass is 10.1. The third-order valence-corrected chi connectivity index (χ3v) is 3.48. The number of amides is 1. The fraction of sp³-hybridized carbons (Fsp3) is 0.176. The van der Waals surface area contributed by atoms with Crippen LogP contribution in [0.3, 0.4) is 0 Å². The Kier molecular flexibility index (Phi) is 5.17. The molecule has 0 aromatic heterocycles. The van der Waals surface area contributed by atoms with Crippen molar-refractivity contribution in [1.82, 2.24) is 0 Å². The molecule has 0 atom stereocenters. The monoisotopic (exact) mass is 317 g/mol. The van der Waals surface area contributed by atoms with Crippen LogP contribution in [0, 0.1) is 6.92 Å². The molecule has 0 aliphatic carbocycles. The number of halogens is 1. The lowest BCUT2D eigenvalue weighted by Gasteiger charge is -2.19. The molecule has 0 aliphatic rings. The van der Waals surface area contributed by atoms with E-state index in [-0.39, 0.29) is 6.61 Å². The van der Waals surface area contributed by atoms with Gasteiger partial charge in [0.25, 0.3) is 5.24 Å². The molecule has 0 fully saturated rings. The number of benzene rings is 2. The van der Waals surface area contributed by atoms with Crippen LogP contribution in [0.5, 0.6) is 0 Å².